The Balaban J connectivity index is 2.77. The molecule has 0 amide bonds. The summed E-state index contributed by atoms with van der Waals surface area (Å²) < 4.78 is 0. The van der Waals surface area contributed by atoms with Crippen LogP contribution in [0.5, 0.6) is 0 Å². The summed E-state index contributed by atoms with van der Waals surface area (Å²) in [6.45, 7) is 3.01. The molecule has 0 atom stereocenters. The van der Waals surface area contributed by atoms with Crippen molar-refractivity contribution in [3.05, 3.63) is 23.9 Å². The van der Waals surface area contributed by atoms with E-state index in [0.29, 0.717) is 0 Å². The molecule has 0 bridgehead atoms. The maximum atomic E-state index is 4.26. The average Bonchev–Trinajstić information content (AvgIpc) is 2.09. The molecule has 1 N–H and O–H groups in total. The van der Waals surface area contributed by atoms with Crippen molar-refractivity contribution < 1.29 is 0 Å². The molecule has 0 saturated heterocycles. The van der Waals surface area contributed by atoms with Crippen molar-refractivity contribution in [3.63, 3.8) is 0 Å². The number of anilines is 1. The van der Waals surface area contributed by atoms with Crippen molar-refractivity contribution in [2.24, 2.45) is 0 Å². The van der Waals surface area contributed by atoms with Crippen molar-refractivity contribution in [1.82, 2.24) is 4.98 Å². The first-order chi connectivity index (χ1) is 5.88. The summed E-state index contributed by atoms with van der Waals surface area (Å²) >= 11 is 1.81. The highest BCUT2D eigenvalue weighted by atomic mass is 32.2. The van der Waals surface area contributed by atoms with Crippen LogP contribution < -0.4 is 5.32 Å². The summed E-state index contributed by atoms with van der Waals surface area (Å²) in [7, 11) is 0. The first-order valence-corrected chi connectivity index (χ1v) is 5.44. The van der Waals surface area contributed by atoms with Crippen LogP contribution in [0, 0.1) is 0 Å². The predicted molar refractivity (Wildman–Crippen MR) is 55.6 cm³/mol. The first-order valence-electron chi connectivity index (χ1n) is 4.05. The van der Waals surface area contributed by atoms with Crippen LogP contribution in [0.25, 0.3) is 0 Å². The Labute approximate surface area is 77.8 Å². The Bertz CT molecular complexity index is 213. The lowest BCUT2D eigenvalue weighted by Gasteiger charge is -2.07. The zero-order chi connectivity index (χ0) is 8.81. The van der Waals surface area contributed by atoms with Crippen molar-refractivity contribution in [1.29, 1.82) is 0 Å². The molecule has 3 heteroatoms. The molecular formula is C9H14N2S. The molecule has 1 heterocycles. The standard InChI is InChI=1S/C9H14N2S/c1-3-10-9-8(7-12-2)5-4-6-11-9/h4-6H,3,7H2,1-2H3,(H,10,11). The van der Waals surface area contributed by atoms with E-state index in [1.807, 2.05) is 24.0 Å². The molecular weight excluding hydrogens is 168 g/mol. The fourth-order valence-corrected chi connectivity index (χ4v) is 1.58. The fraction of sp³-hybridized carbons (Fsp3) is 0.444. The van der Waals surface area contributed by atoms with E-state index in [2.05, 4.69) is 29.5 Å². The van der Waals surface area contributed by atoms with Crippen molar-refractivity contribution >= 4 is 17.6 Å². The van der Waals surface area contributed by atoms with Crippen LogP contribution in [-0.2, 0) is 5.75 Å². The van der Waals surface area contributed by atoms with E-state index in [9.17, 15) is 0 Å². The minimum absolute atomic E-state index is 0.929. The summed E-state index contributed by atoms with van der Waals surface area (Å²) in [4.78, 5) is 4.26. The summed E-state index contributed by atoms with van der Waals surface area (Å²) in [5.41, 5.74) is 1.28. The SMILES string of the molecule is CCNc1ncccc1CSC. The van der Waals surface area contributed by atoms with E-state index in [-0.39, 0.29) is 0 Å². The molecule has 1 aromatic heterocycles. The third-order valence-electron chi connectivity index (χ3n) is 1.54. The van der Waals surface area contributed by atoms with Crippen LogP contribution in [0.4, 0.5) is 5.82 Å². The Morgan fingerprint density at radius 1 is 1.58 bits per heavy atom. The second-order valence-electron chi connectivity index (χ2n) is 2.47. The second-order valence-corrected chi connectivity index (χ2v) is 3.34. The Morgan fingerprint density at radius 3 is 3.08 bits per heavy atom. The number of thioether (sulfide) groups is 1. The number of hydrogen-bond donors (Lipinski definition) is 1. The number of aromatic nitrogens is 1. The van der Waals surface area contributed by atoms with Gasteiger partial charge in [-0.3, -0.25) is 0 Å². The fourth-order valence-electron chi connectivity index (χ4n) is 1.04. The summed E-state index contributed by atoms with van der Waals surface area (Å²) in [6.07, 6.45) is 3.92. The van der Waals surface area contributed by atoms with Gasteiger partial charge in [0, 0.05) is 24.1 Å². The normalized spacial score (nSPS) is 9.83. The summed E-state index contributed by atoms with van der Waals surface area (Å²) in [5, 5.41) is 3.24. The van der Waals surface area contributed by atoms with Crippen LogP contribution >= 0.6 is 11.8 Å². The molecule has 0 aliphatic heterocycles. The average molecular weight is 182 g/mol. The van der Waals surface area contributed by atoms with Gasteiger partial charge in [-0.05, 0) is 19.2 Å². The van der Waals surface area contributed by atoms with E-state index < -0.39 is 0 Å². The topological polar surface area (TPSA) is 24.9 Å². The quantitative estimate of drug-likeness (QED) is 0.774. The first kappa shape index (κ1) is 9.39. The minimum Gasteiger partial charge on any atom is -0.370 e. The van der Waals surface area contributed by atoms with Gasteiger partial charge in [0.05, 0.1) is 0 Å². The third kappa shape index (κ3) is 2.41. The molecule has 0 saturated carbocycles. The second kappa shape index (κ2) is 5.04. The molecule has 1 rings (SSSR count). The van der Waals surface area contributed by atoms with E-state index in [1.54, 1.807) is 0 Å². The highest BCUT2D eigenvalue weighted by Crippen LogP contribution is 2.16. The summed E-state index contributed by atoms with van der Waals surface area (Å²) in [6, 6.07) is 4.09. The molecule has 12 heavy (non-hydrogen) atoms. The van der Waals surface area contributed by atoms with Gasteiger partial charge in [-0.1, -0.05) is 6.07 Å². The zero-order valence-electron chi connectivity index (χ0n) is 7.50. The van der Waals surface area contributed by atoms with Crippen LogP contribution in [0.1, 0.15) is 12.5 Å². The molecule has 2 nitrogen and oxygen atoms in total. The van der Waals surface area contributed by atoms with Gasteiger partial charge in [-0.2, -0.15) is 11.8 Å². The van der Waals surface area contributed by atoms with Gasteiger partial charge in [-0.25, -0.2) is 4.98 Å². The molecule has 0 unspecified atom stereocenters. The third-order valence-corrected chi connectivity index (χ3v) is 2.14. The Kier molecular flexibility index (Phi) is 3.94. The zero-order valence-corrected chi connectivity index (χ0v) is 8.32. The number of hydrogen-bond acceptors (Lipinski definition) is 3. The minimum atomic E-state index is 0.929. The van der Waals surface area contributed by atoms with E-state index >= 15 is 0 Å². The molecule has 0 aliphatic carbocycles. The smallest absolute Gasteiger partial charge is 0.129 e. The van der Waals surface area contributed by atoms with Crippen molar-refractivity contribution in [2.45, 2.75) is 12.7 Å². The highest BCUT2D eigenvalue weighted by Gasteiger charge is 1.99. The van der Waals surface area contributed by atoms with Crippen molar-refractivity contribution in [2.75, 3.05) is 18.1 Å². The van der Waals surface area contributed by atoms with Crippen LogP contribution in [-0.4, -0.2) is 17.8 Å². The van der Waals surface area contributed by atoms with Gasteiger partial charge < -0.3 is 5.32 Å². The molecule has 0 spiro atoms. The molecule has 0 radical (unpaired) electrons. The number of nitrogens with zero attached hydrogens (tertiary/aromatic N) is 1. The van der Waals surface area contributed by atoms with Gasteiger partial charge in [0.2, 0.25) is 0 Å². The van der Waals surface area contributed by atoms with Gasteiger partial charge in [-0.15, -0.1) is 0 Å². The number of pyridine rings is 1. The van der Waals surface area contributed by atoms with E-state index in [1.165, 1.54) is 5.56 Å². The van der Waals surface area contributed by atoms with Gasteiger partial charge in [0.25, 0.3) is 0 Å². The molecule has 0 fully saturated rings. The Hall–Kier alpha value is -0.700. The number of nitrogens with one attached hydrogen (secondary N) is 1. The van der Waals surface area contributed by atoms with Gasteiger partial charge >= 0.3 is 0 Å². The lowest BCUT2D eigenvalue weighted by atomic mass is 10.3. The maximum absolute atomic E-state index is 4.26. The lowest BCUT2D eigenvalue weighted by molar-refractivity contribution is 1.13. The number of rotatable bonds is 4. The molecule has 1 aromatic rings. The van der Waals surface area contributed by atoms with Crippen molar-refractivity contribution in [3.8, 4) is 0 Å². The van der Waals surface area contributed by atoms with E-state index in [4.69, 9.17) is 0 Å². The molecule has 0 aromatic carbocycles. The highest BCUT2D eigenvalue weighted by molar-refractivity contribution is 7.97. The van der Waals surface area contributed by atoms with Crippen LogP contribution in [0.15, 0.2) is 18.3 Å². The molecule has 66 valence electrons. The predicted octanol–water partition coefficient (Wildman–Crippen LogP) is 2.38. The largest absolute Gasteiger partial charge is 0.370 e. The maximum Gasteiger partial charge on any atom is 0.129 e. The van der Waals surface area contributed by atoms with Gasteiger partial charge in [0.1, 0.15) is 5.82 Å². The Morgan fingerprint density at radius 2 is 2.42 bits per heavy atom. The van der Waals surface area contributed by atoms with Crippen LogP contribution in [0.2, 0.25) is 0 Å². The van der Waals surface area contributed by atoms with E-state index in [0.717, 1.165) is 18.1 Å². The molecule has 0 aliphatic rings. The van der Waals surface area contributed by atoms with Gasteiger partial charge in [0.15, 0.2) is 0 Å². The monoisotopic (exact) mass is 182 g/mol. The summed E-state index contributed by atoms with van der Waals surface area (Å²) in [5.74, 6) is 2.05. The van der Waals surface area contributed by atoms with Crippen LogP contribution in [0.3, 0.4) is 0 Å². The lowest BCUT2D eigenvalue weighted by Crippen LogP contribution is -2.02.